The zero-order chi connectivity index (χ0) is 13.0. The van der Waals surface area contributed by atoms with E-state index >= 15 is 0 Å². The van der Waals surface area contributed by atoms with Gasteiger partial charge in [0.25, 0.3) is 0 Å². The topological polar surface area (TPSA) is 58.2 Å². The van der Waals surface area contributed by atoms with E-state index in [1.165, 1.54) is 11.8 Å². The van der Waals surface area contributed by atoms with Crippen molar-refractivity contribution in [2.24, 2.45) is 0 Å². The summed E-state index contributed by atoms with van der Waals surface area (Å²) in [5.41, 5.74) is 1.92. The van der Waals surface area contributed by atoms with Gasteiger partial charge in [0, 0.05) is 24.4 Å². The van der Waals surface area contributed by atoms with E-state index in [4.69, 9.17) is 0 Å². The van der Waals surface area contributed by atoms with Crippen LogP contribution in [0.2, 0.25) is 0 Å². The first-order valence-electron chi connectivity index (χ1n) is 5.91. The molecule has 1 atom stereocenters. The Hall–Kier alpha value is -1.49. The Morgan fingerprint density at radius 3 is 2.83 bits per heavy atom. The highest BCUT2D eigenvalue weighted by molar-refractivity contribution is 8.00. The average Bonchev–Trinajstić information content (AvgIpc) is 2.35. The van der Waals surface area contributed by atoms with E-state index in [2.05, 4.69) is 10.6 Å². The van der Waals surface area contributed by atoms with E-state index < -0.39 is 0 Å². The van der Waals surface area contributed by atoms with Crippen LogP contribution in [0.3, 0.4) is 0 Å². The summed E-state index contributed by atoms with van der Waals surface area (Å²) >= 11 is 1.54. The Kier molecular flexibility index (Phi) is 4.25. The van der Waals surface area contributed by atoms with Crippen LogP contribution in [0.4, 0.5) is 5.69 Å². The molecule has 0 radical (unpaired) electrons. The predicted molar refractivity (Wildman–Crippen MR) is 73.7 cm³/mol. The normalized spacial score (nSPS) is 19.2. The third-order valence-electron chi connectivity index (χ3n) is 2.72. The molecule has 18 heavy (non-hydrogen) atoms. The number of aryl methyl sites for hydroxylation is 1. The fourth-order valence-corrected chi connectivity index (χ4v) is 2.74. The van der Waals surface area contributed by atoms with Crippen molar-refractivity contribution in [2.75, 3.05) is 17.6 Å². The summed E-state index contributed by atoms with van der Waals surface area (Å²) in [5.74, 6) is 0.715. The molecular weight excluding hydrogens is 248 g/mol. The van der Waals surface area contributed by atoms with Gasteiger partial charge >= 0.3 is 0 Å². The van der Waals surface area contributed by atoms with Crippen LogP contribution in [-0.2, 0) is 9.59 Å². The molecule has 0 bridgehead atoms. The molecule has 0 aromatic heterocycles. The summed E-state index contributed by atoms with van der Waals surface area (Å²) in [7, 11) is 0. The third kappa shape index (κ3) is 3.50. The number of amides is 2. The molecule has 1 aromatic carbocycles. The van der Waals surface area contributed by atoms with Gasteiger partial charge in [-0.25, -0.2) is 0 Å². The molecule has 2 N–H and O–H groups in total. The highest BCUT2D eigenvalue weighted by Crippen LogP contribution is 2.19. The van der Waals surface area contributed by atoms with Gasteiger partial charge < -0.3 is 10.6 Å². The first-order chi connectivity index (χ1) is 8.65. The van der Waals surface area contributed by atoms with Crippen LogP contribution in [0.5, 0.6) is 0 Å². The van der Waals surface area contributed by atoms with Crippen molar-refractivity contribution in [2.45, 2.75) is 18.6 Å². The van der Waals surface area contributed by atoms with Gasteiger partial charge in [0.15, 0.2) is 0 Å². The maximum Gasteiger partial charge on any atom is 0.233 e. The Morgan fingerprint density at radius 2 is 2.17 bits per heavy atom. The van der Waals surface area contributed by atoms with Gasteiger partial charge in [-0.3, -0.25) is 9.59 Å². The molecule has 0 unspecified atom stereocenters. The quantitative estimate of drug-likeness (QED) is 0.871. The summed E-state index contributed by atoms with van der Waals surface area (Å²) in [4.78, 5) is 23.3. The second kappa shape index (κ2) is 5.91. The van der Waals surface area contributed by atoms with Crippen LogP contribution in [0.25, 0.3) is 0 Å². The van der Waals surface area contributed by atoms with Crippen LogP contribution < -0.4 is 10.6 Å². The molecule has 1 saturated heterocycles. The number of thioether (sulfide) groups is 1. The second-order valence-corrected chi connectivity index (χ2v) is 5.58. The van der Waals surface area contributed by atoms with E-state index in [-0.39, 0.29) is 23.5 Å². The molecule has 1 fully saturated rings. The first kappa shape index (κ1) is 13.0. The Bertz CT molecular complexity index is 445. The van der Waals surface area contributed by atoms with Crippen LogP contribution >= 0.6 is 11.8 Å². The lowest BCUT2D eigenvalue weighted by Crippen LogP contribution is -2.40. The molecule has 1 aliphatic rings. The smallest absolute Gasteiger partial charge is 0.233 e. The Balaban J connectivity index is 1.88. The average molecular weight is 264 g/mol. The summed E-state index contributed by atoms with van der Waals surface area (Å²) in [6.45, 7) is 2.69. The monoisotopic (exact) mass is 264 g/mol. The van der Waals surface area contributed by atoms with Gasteiger partial charge in [-0.05, 0) is 19.1 Å². The number of nitrogens with one attached hydrogen (secondary N) is 2. The van der Waals surface area contributed by atoms with E-state index in [9.17, 15) is 9.59 Å². The Labute approximate surface area is 111 Å². The summed E-state index contributed by atoms with van der Waals surface area (Å²) < 4.78 is 0. The van der Waals surface area contributed by atoms with Crippen molar-refractivity contribution in [1.29, 1.82) is 0 Å². The number of anilines is 1. The minimum absolute atomic E-state index is 0.0368. The summed E-state index contributed by atoms with van der Waals surface area (Å²) in [6, 6.07) is 7.61. The zero-order valence-corrected chi connectivity index (χ0v) is 11.0. The van der Waals surface area contributed by atoms with Crippen molar-refractivity contribution in [3.05, 3.63) is 29.8 Å². The van der Waals surface area contributed by atoms with Gasteiger partial charge in [0.1, 0.15) is 0 Å². The van der Waals surface area contributed by atoms with Crippen LogP contribution in [0.1, 0.15) is 12.0 Å². The molecule has 4 nitrogen and oxygen atoms in total. The van der Waals surface area contributed by atoms with E-state index in [1.807, 2.05) is 31.2 Å². The summed E-state index contributed by atoms with van der Waals surface area (Å²) in [6.07, 6.45) is 0.227. The van der Waals surface area contributed by atoms with Gasteiger partial charge in [-0.15, -0.1) is 11.8 Å². The van der Waals surface area contributed by atoms with Crippen molar-refractivity contribution in [3.63, 3.8) is 0 Å². The molecule has 0 aliphatic carbocycles. The van der Waals surface area contributed by atoms with Gasteiger partial charge in [0.2, 0.25) is 11.8 Å². The van der Waals surface area contributed by atoms with E-state index in [1.54, 1.807) is 0 Å². The molecule has 2 amide bonds. The SMILES string of the molecule is Cc1ccc(NC(=O)C[C@@H]2SCCNC2=O)cc1. The molecule has 1 aliphatic heterocycles. The minimum Gasteiger partial charge on any atom is -0.354 e. The zero-order valence-electron chi connectivity index (χ0n) is 10.2. The standard InChI is InChI=1S/C13H16N2O2S/c1-9-2-4-10(5-3-9)15-12(16)8-11-13(17)14-6-7-18-11/h2-5,11H,6-8H2,1H3,(H,14,17)(H,15,16)/t11-/m0/s1. The lowest BCUT2D eigenvalue weighted by molar-refractivity contribution is -0.123. The molecule has 0 saturated carbocycles. The molecule has 1 aromatic rings. The van der Waals surface area contributed by atoms with Crippen molar-refractivity contribution >= 4 is 29.3 Å². The van der Waals surface area contributed by atoms with Gasteiger partial charge in [-0.2, -0.15) is 0 Å². The van der Waals surface area contributed by atoms with Gasteiger partial charge in [0.05, 0.1) is 5.25 Å². The highest BCUT2D eigenvalue weighted by Gasteiger charge is 2.25. The number of hydrogen-bond donors (Lipinski definition) is 2. The number of carbonyl (C=O) groups is 2. The van der Waals surface area contributed by atoms with Crippen LogP contribution in [0, 0.1) is 6.92 Å². The maximum absolute atomic E-state index is 11.8. The molecule has 0 spiro atoms. The molecule has 96 valence electrons. The number of rotatable bonds is 3. The van der Waals surface area contributed by atoms with Crippen molar-refractivity contribution in [1.82, 2.24) is 5.32 Å². The fraction of sp³-hybridized carbons (Fsp3) is 0.385. The molecule has 2 rings (SSSR count). The molecule has 5 heteroatoms. The second-order valence-electron chi connectivity index (χ2n) is 4.27. The predicted octanol–water partition coefficient (Wildman–Crippen LogP) is 1.56. The largest absolute Gasteiger partial charge is 0.354 e. The van der Waals surface area contributed by atoms with Gasteiger partial charge in [-0.1, -0.05) is 17.7 Å². The van der Waals surface area contributed by atoms with E-state index in [0.29, 0.717) is 6.54 Å². The first-order valence-corrected chi connectivity index (χ1v) is 6.96. The third-order valence-corrected chi connectivity index (χ3v) is 3.94. The lowest BCUT2D eigenvalue weighted by Gasteiger charge is -2.20. The summed E-state index contributed by atoms with van der Waals surface area (Å²) in [5, 5.41) is 5.31. The maximum atomic E-state index is 11.8. The Morgan fingerprint density at radius 1 is 1.44 bits per heavy atom. The fourth-order valence-electron chi connectivity index (χ4n) is 1.73. The number of hydrogen-bond acceptors (Lipinski definition) is 3. The molecular formula is C13H16N2O2S. The van der Waals surface area contributed by atoms with Crippen molar-refractivity contribution < 1.29 is 9.59 Å². The van der Waals surface area contributed by atoms with E-state index in [0.717, 1.165) is 17.0 Å². The molecule has 1 heterocycles. The van der Waals surface area contributed by atoms with Crippen LogP contribution in [-0.4, -0.2) is 29.4 Å². The van der Waals surface area contributed by atoms with Crippen molar-refractivity contribution in [3.8, 4) is 0 Å². The minimum atomic E-state index is -0.260. The highest BCUT2D eigenvalue weighted by atomic mass is 32.2. The number of carbonyl (C=O) groups excluding carboxylic acids is 2. The lowest BCUT2D eigenvalue weighted by atomic mass is 10.2. The number of benzene rings is 1. The van der Waals surface area contributed by atoms with Crippen LogP contribution in [0.15, 0.2) is 24.3 Å².